The minimum Gasteiger partial charge on any atom is -0.508 e. The molecule has 2 aromatic carbocycles. The van der Waals surface area contributed by atoms with Gasteiger partial charge in [-0.05, 0) is 46.3 Å². The first-order valence-electron chi connectivity index (χ1n) is 5.26. The molecule has 0 amide bonds. The molecule has 0 bridgehead atoms. The molecule has 0 fully saturated rings. The molecule has 0 heterocycles. The highest BCUT2D eigenvalue weighted by Crippen LogP contribution is 2.26. The number of hydrogen-bond acceptors (Lipinski definition) is 3. The maximum atomic E-state index is 13.1. The zero-order valence-corrected chi connectivity index (χ0v) is 10.9. The molecule has 94 valence electrons. The van der Waals surface area contributed by atoms with Gasteiger partial charge in [0.05, 0.1) is 5.69 Å². The first-order valence-corrected chi connectivity index (χ1v) is 6.05. The summed E-state index contributed by atoms with van der Waals surface area (Å²) in [6.07, 6.45) is 0. The molecule has 5 heteroatoms. The first-order chi connectivity index (χ1) is 8.56. The van der Waals surface area contributed by atoms with Crippen LogP contribution < -0.4 is 5.32 Å². The Morgan fingerprint density at radius 2 is 1.89 bits per heavy atom. The van der Waals surface area contributed by atoms with Crippen molar-refractivity contribution in [2.45, 2.75) is 6.54 Å². The standard InChI is InChI=1S/C13H11BrFNO2/c14-11-4-2-9(15)5-12(11)16-7-8-1-3-10(17)6-13(8)18/h1-6,16-18H,7H2. The van der Waals surface area contributed by atoms with Gasteiger partial charge in [0.2, 0.25) is 0 Å². The normalized spacial score (nSPS) is 10.3. The maximum absolute atomic E-state index is 13.1. The number of anilines is 1. The number of hydrogen-bond donors (Lipinski definition) is 3. The van der Waals surface area contributed by atoms with E-state index in [1.165, 1.54) is 24.3 Å². The zero-order chi connectivity index (χ0) is 13.1. The Hall–Kier alpha value is -1.75. The third kappa shape index (κ3) is 2.92. The van der Waals surface area contributed by atoms with E-state index in [0.717, 1.165) is 4.47 Å². The van der Waals surface area contributed by atoms with E-state index in [1.807, 2.05) is 0 Å². The predicted octanol–water partition coefficient (Wildman–Crippen LogP) is 3.61. The molecule has 0 spiro atoms. The SMILES string of the molecule is Oc1ccc(CNc2cc(F)ccc2Br)c(O)c1. The summed E-state index contributed by atoms with van der Waals surface area (Å²) in [6.45, 7) is 0.328. The van der Waals surface area contributed by atoms with Crippen molar-refractivity contribution in [1.82, 2.24) is 0 Å². The van der Waals surface area contributed by atoms with Gasteiger partial charge in [-0.25, -0.2) is 4.39 Å². The van der Waals surface area contributed by atoms with Gasteiger partial charge in [0.15, 0.2) is 0 Å². The second kappa shape index (κ2) is 5.27. The third-order valence-corrected chi connectivity index (χ3v) is 3.16. The molecule has 2 aromatic rings. The lowest BCUT2D eigenvalue weighted by Gasteiger charge is -2.10. The predicted molar refractivity (Wildman–Crippen MR) is 71.2 cm³/mol. The van der Waals surface area contributed by atoms with Crippen molar-refractivity contribution in [3.63, 3.8) is 0 Å². The molecule has 0 radical (unpaired) electrons. The lowest BCUT2D eigenvalue weighted by atomic mass is 10.2. The van der Waals surface area contributed by atoms with E-state index in [9.17, 15) is 9.50 Å². The van der Waals surface area contributed by atoms with Crippen LogP contribution in [0.2, 0.25) is 0 Å². The Morgan fingerprint density at radius 1 is 1.11 bits per heavy atom. The fraction of sp³-hybridized carbons (Fsp3) is 0.0769. The second-order valence-electron chi connectivity index (χ2n) is 3.79. The molecule has 3 N–H and O–H groups in total. The highest BCUT2D eigenvalue weighted by molar-refractivity contribution is 9.10. The van der Waals surface area contributed by atoms with Crippen molar-refractivity contribution in [1.29, 1.82) is 0 Å². The summed E-state index contributed by atoms with van der Waals surface area (Å²) < 4.78 is 13.8. The number of phenolic OH excluding ortho intramolecular Hbond substituents is 2. The lowest BCUT2D eigenvalue weighted by molar-refractivity contribution is 0.446. The van der Waals surface area contributed by atoms with E-state index in [1.54, 1.807) is 12.1 Å². The smallest absolute Gasteiger partial charge is 0.125 e. The van der Waals surface area contributed by atoms with Crippen LogP contribution >= 0.6 is 15.9 Å². The van der Waals surface area contributed by atoms with Crippen molar-refractivity contribution in [3.05, 3.63) is 52.3 Å². The number of rotatable bonds is 3. The fourth-order valence-electron chi connectivity index (χ4n) is 1.53. The van der Waals surface area contributed by atoms with Crippen LogP contribution in [0, 0.1) is 5.82 Å². The number of benzene rings is 2. The van der Waals surface area contributed by atoms with E-state index < -0.39 is 0 Å². The Kier molecular flexibility index (Phi) is 3.72. The van der Waals surface area contributed by atoms with E-state index >= 15 is 0 Å². The molecule has 0 saturated carbocycles. The molecule has 0 saturated heterocycles. The molecule has 0 atom stereocenters. The molecular weight excluding hydrogens is 301 g/mol. The quantitative estimate of drug-likeness (QED) is 0.811. The summed E-state index contributed by atoms with van der Waals surface area (Å²) >= 11 is 3.30. The molecule has 2 rings (SSSR count). The van der Waals surface area contributed by atoms with Crippen molar-refractivity contribution in [2.75, 3.05) is 5.32 Å². The number of aromatic hydroxyl groups is 2. The fourth-order valence-corrected chi connectivity index (χ4v) is 1.91. The summed E-state index contributed by atoms with van der Waals surface area (Å²) in [5.41, 5.74) is 1.21. The zero-order valence-electron chi connectivity index (χ0n) is 9.32. The summed E-state index contributed by atoms with van der Waals surface area (Å²) in [7, 11) is 0. The highest BCUT2D eigenvalue weighted by Gasteiger charge is 2.05. The van der Waals surface area contributed by atoms with E-state index in [0.29, 0.717) is 17.8 Å². The largest absolute Gasteiger partial charge is 0.508 e. The molecule has 3 nitrogen and oxygen atoms in total. The summed E-state index contributed by atoms with van der Waals surface area (Å²) in [5.74, 6) is -0.339. The molecule has 0 unspecified atom stereocenters. The van der Waals surface area contributed by atoms with Crippen LogP contribution in [-0.2, 0) is 6.54 Å². The van der Waals surface area contributed by atoms with Gasteiger partial charge in [-0.2, -0.15) is 0 Å². The van der Waals surface area contributed by atoms with Gasteiger partial charge in [-0.15, -0.1) is 0 Å². The Morgan fingerprint density at radius 3 is 2.61 bits per heavy atom. The molecule has 0 aliphatic carbocycles. The van der Waals surface area contributed by atoms with Crippen molar-refractivity contribution >= 4 is 21.6 Å². The van der Waals surface area contributed by atoms with Gasteiger partial charge in [-0.1, -0.05) is 0 Å². The molecule has 0 aromatic heterocycles. The van der Waals surface area contributed by atoms with Crippen LogP contribution in [0.5, 0.6) is 11.5 Å². The third-order valence-electron chi connectivity index (χ3n) is 2.47. The van der Waals surface area contributed by atoms with Gasteiger partial charge >= 0.3 is 0 Å². The Labute approximate surface area is 112 Å². The Bertz CT molecular complexity index is 575. The average Bonchev–Trinajstić information content (AvgIpc) is 2.32. The van der Waals surface area contributed by atoms with Gasteiger partial charge < -0.3 is 15.5 Å². The van der Waals surface area contributed by atoms with Gasteiger partial charge in [0.1, 0.15) is 17.3 Å². The van der Waals surface area contributed by atoms with Gasteiger partial charge in [0.25, 0.3) is 0 Å². The summed E-state index contributed by atoms with van der Waals surface area (Å²) in [4.78, 5) is 0. The van der Waals surface area contributed by atoms with Crippen LogP contribution in [0.25, 0.3) is 0 Å². The van der Waals surface area contributed by atoms with Crippen LogP contribution in [0.4, 0.5) is 10.1 Å². The van der Waals surface area contributed by atoms with Crippen LogP contribution in [0.3, 0.4) is 0 Å². The monoisotopic (exact) mass is 311 g/mol. The van der Waals surface area contributed by atoms with Crippen molar-refractivity contribution < 1.29 is 14.6 Å². The van der Waals surface area contributed by atoms with E-state index in [4.69, 9.17) is 5.11 Å². The maximum Gasteiger partial charge on any atom is 0.125 e. The molecular formula is C13H11BrFNO2. The summed E-state index contributed by atoms with van der Waals surface area (Å²) in [5, 5.41) is 21.8. The minimum absolute atomic E-state index is 0.00295. The topological polar surface area (TPSA) is 52.5 Å². The minimum atomic E-state index is -0.337. The lowest BCUT2D eigenvalue weighted by Crippen LogP contribution is -2.00. The number of phenols is 2. The first kappa shape index (κ1) is 12.7. The van der Waals surface area contributed by atoms with Crippen LogP contribution in [-0.4, -0.2) is 10.2 Å². The van der Waals surface area contributed by atoms with Crippen molar-refractivity contribution in [3.8, 4) is 11.5 Å². The van der Waals surface area contributed by atoms with Crippen LogP contribution in [0.15, 0.2) is 40.9 Å². The number of halogens is 2. The van der Waals surface area contributed by atoms with Crippen LogP contribution in [0.1, 0.15) is 5.56 Å². The van der Waals surface area contributed by atoms with E-state index in [-0.39, 0.29) is 17.3 Å². The van der Waals surface area contributed by atoms with E-state index in [2.05, 4.69) is 21.2 Å². The van der Waals surface area contributed by atoms with Crippen molar-refractivity contribution in [2.24, 2.45) is 0 Å². The molecule has 18 heavy (non-hydrogen) atoms. The average molecular weight is 312 g/mol. The highest BCUT2D eigenvalue weighted by atomic mass is 79.9. The number of nitrogens with one attached hydrogen (secondary N) is 1. The summed E-state index contributed by atoms with van der Waals surface area (Å²) in [6, 6.07) is 8.67. The van der Waals surface area contributed by atoms with Gasteiger partial charge in [-0.3, -0.25) is 0 Å². The molecule has 0 aliphatic rings. The van der Waals surface area contributed by atoms with Gasteiger partial charge in [0, 0.05) is 22.6 Å². The second-order valence-corrected chi connectivity index (χ2v) is 4.65. The Balaban J connectivity index is 2.13. The molecule has 0 aliphatic heterocycles.